The van der Waals surface area contributed by atoms with Gasteiger partial charge in [0.15, 0.2) is 0 Å². The summed E-state index contributed by atoms with van der Waals surface area (Å²) in [5, 5.41) is 14.8. The number of hydrogen-bond acceptors (Lipinski definition) is 5. The zero-order valence-corrected chi connectivity index (χ0v) is 12.9. The number of nitrogens with zero attached hydrogens (tertiary/aromatic N) is 3. The highest BCUT2D eigenvalue weighted by Crippen LogP contribution is 2.48. The molecule has 0 radical (unpaired) electrons. The highest BCUT2D eigenvalue weighted by atomic mass is 16.6. The van der Waals surface area contributed by atoms with Gasteiger partial charge in [0.25, 0.3) is 5.69 Å². The van der Waals surface area contributed by atoms with Crippen molar-refractivity contribution in [1.82, 2.24) is 9.78 Å². The van der Waals surface area contributed by atoms with Gasteiger partial charge in [0.05, 0.1) is 17.0 Å². The van der Waals surface area contributed by atoms with Crippen molar-refractivity contribution in [3.63, 3.8) is 0 Å². The van der Waals surface area contributed by atoms with Crippen LogP contribution in [0.4, 0.5) is 5.69 Å². The minimum Gasteiger partial charge on any atom is -0.458 e. The van der Waals surface area contributed by atoms with E-state index in [4.69, 9.17) is 4.74 Å². The average Bonchev–Trinajstić information content (AvgIpc) is 3.22. The Morgan fingerprint density at radius 3 is 2.70 bits per heavy atom. The molecule has 23 heavy (non-hydrogen) atoms. The summed E-state index contributed by atoms with van der Waals surface area (Å²) in [6.45, 7) is 1.76. The van der Waals surface area contributed by atoms with Gasteiger partial charge in [0.2, 0.25) is 0 Å². The number of hydrogen-bond donors (Lipinski definition) is 0. The van der Waals surface area contributed by atoms with E-state index in [0.717, 1.165) is 17.5 Å². The number of esters is 1. The first kappa shape index (κ1) is 15.2. The highest BCUT2D eigenvalue weighted by Gasteiger charge is 2.46. The molecular formula is C16H17N3O4. The monoisotopic (exact) mass is 315 g/mol. The van der Waals surface area contributed by atoms with Gasteiger partial charge < -0.3 is 4.74 Å². The van der Waals surface area contributed by atoms with Crippen LogP contribution in [0.5, 0.6) is 0 Å². The minimum absolute atomic E-state index is 0.0195. The summed E-state index contributed by atoms with van der Waals surface area (Å²) < 4.78 is 7.20. The molecule has 0 saturated heterocycles. The smallest absolute Gasteiger partial charge is 0.310 e. The molecule has 1 aliphatic carbocycles. The van der Waals surface area contributed by atoms with E-state index >= 15 is 0 Å². The third kappa shape index (κ3) is 3.23. The van der Waals surface area contributed by atoms with Crippen molar-refractivity contribution in [3.05, 3.63) is 57.9 Å². The first-order valence-electron chi connectivity index (χ1n) is 7.39. The Hall–Kier alpha value is -2.70. The van der Waals surface area contributed by atoms with Crippen molar-refractivity contribution >= 4 is 11.7 Å². The van der Waals surface area contributed by atoms with E-state index in [9.17, 15) is 14.9 Å². The summed E-state index contributed by atoms with van der Waals surface area (Å²) in [6, 6.07) is 6.05. The predicted molar refractivity (Wildman–Crippen MR) is 81.7 cm³/mol. The molecule has 1 aliphatic rings. The molecule has 1 aromatic heterocycles. The summed E-state index contributed by atoms with van der Waals surface area (Å²) in [5.74, 6) is -0.176. The normalized spacial score (nSPS) is 20.8. The van der Waals surface area contributed by atoms with Gasteiger partial charge in [-0.05, 0) is 36.6 Å². The largest absolute Gasteiger partial charge is 0.458 e. The van der Waals surface area contributed by atoms with Crippen molar-refractivity contribution < 1.29 is 14.5 Å². The van der Waals surface area contributed by atoms with E-state index in [1.807, 2.05) is 13.2 Å². The number of carbonyl (C=O) groups is 1. The second kappa shape index (κ2) is 5.83. The molecule has 0 amide bonds. The van der Waals surface area contributed by atoms with Crippen LogP contribution in [0.1, 0.15) is 36.5 Å². The van der Waals surface area contributed by atoms with Crippen LogP contribution in [0.2, 0.25) is 0 Å². The summed E-state index contributed by atoms with van der Waals surface area (Å²) in [5.41, 5.74) is 1.81. The van der Waals surface area contributed by atoms with Gasteiger partial charge in [-0.15, -0.1) is 0 Å². The zero-order chi connectivity index (χ0) is 16.6. The molecule has 120 valence electrons. The Morgan fingerprint density at radius 2 is 2.13 bits per heavy atom. The third-order valence-electron chi connectivity index (χ3n) is 4.11. The van der Waals surface area contributed by atoms with Crippen molar-refractivity contribution in [2.75, 3.05) is 0 Å². The fourth-order valence-corrected chi connectivity index (χ4v) is 2.65. The SMILES string of the molecule is C[C@H](OC(=O)[C@H]1C[C@@H]1c1cnn(C)c1)c1ccc([N+](=O)[O-])cc1. The standard InChI is InChI=1S/C16H17N3O4/c1-10(11-3-5-13(6-4-11)19(21)22)23-16(20)15-7-14(15)12-8-17-18(2)9-12/h3-6,8-10,14-15H,7H2,1-2H3/t10-,14+,15-/m0/s1. The predicted octanol–water partition coefficient (Wildman–Crippen LogP) is 2.74. The molecule has 7 nitrogen and oxygen atoms in total. The van der Waals surface area contributed by atoms with Crippen LogP contribution in [0.3, 0.4) is 0 Å². The van der Waals surface area contributed by atoms with Crippen molar-refractivity contribution in [2.45, 2.75) is 25.4 Å². The van der Waals surface area contributed by atoms with E-state index in [2.05, 4.69) is 5.10 Å². The molecular weight excluding hydrogens is 298 g/mol. The van der Waals surface area contributed by atoms with Crippen molar-refractivity contribution in [3.8, 4) is 0 Å². The lowest BCUT2D eigenvalue weighted by Crippen LogP contribution is -2.11. The maximum absolute atomic E-state index is 12.2. The van der Waals surface area contributed by atoms with Gasteiger partial charge in [-0.3, -0.25) is 19.6 Å². The Bertz CT molecular complexity index is 738. The number of nitro benzene ring substituents is 1. The van der Waals surface area contributed by atoms with Gasteiger partial charge in [-0.2, -0.15) is 5.10 Å². The number of carbonyl (C=O) groups excluding carboxylic acids is 1. The molecule has 2 aromatic rings. The van der Waals surface area contributed by atoms with E-state index < -0.39 is 11.0 Å². The lowest BCUT2D eigenvalue weighted by molar-refractivity contribution is -0.384. The second-order valence-corrected chi connectivity index (χ2v) is 5.82. The quantitative estimate of drug-likeness (QED) is 0.481. The van der Waals surface area contributed by atoms with Crippen molar-refractivity contribution in [2.24, 2.45) is 13.0 Å². The van der Waals surface area contributed by atoms with Crippen LogP contribution in [-0.4, -0.2) is 20.7 Å². The summed E-state index contributed by atoms with van der Waals surface area (Å²) in [6.07, 6.45) is 4.03. The molecule has 0 bridgehead atoms. The van der Waals surface area contributed by atoms with E-state index in [1.165, 1.54) is 12.1 Å². The second-order valence-electron chi connectivity index (χ2n) is 5.82. The molecule has 1 aromatic carbocycles. The lowest BCUT2D eigenvalue weighted by Gasteiger charge is -2.13. The number of non-ortho nitro benzene ring substituents is 1. The molecule has 0 unspecified atom stereocenters. The van der Waals surface area contributed by atoms with E-state index in [0.29, 0.717) is 0 Å². The van der Waals surface area contributed by atoms with Gasteiger partial charge in [-0.1, -0.05) is 0 Å². The number of ether oxygens (including phenoxy) is 1. The molecule has 0 N–H and O–H groups in total. The number of benzene rings is 1. The Balaban J connectivity index is 1.59. The molecule has 1 fully saturated rings. The first-order chi connectivity index (χ1) is 11.0. The third-order valence-corrected chi connectivity index (χ3v) is 4.11. The Labute approximate surface area is 133 Å². The van der Waals surface area contributed by atoms with Gasteiger partial charge in [0, 0.05) is 31.3 Å². The van der Waals surface area contributed by atoms with Crippen molar-refractivity contribution in [1.29, 1.82) is 0 Å². The average molecular weight is 315 g/mol. The van der Waals surface area contributed by atoms with Gasteiger partial charge >= 0.3 is 5.97 Å². The zero-order valence-electron chi connectivity index (χ0n) is 12.9. The molecule has 3 rings (SSSR count). The van der Waals surface area contributed by atoms with E-state index in [1.54, 1.807) is 29.9 Å². The molecule has 1 saturated carbocycles. The number of aryl methyl sites for hydroxylation is 1. The first-order valence-corrected chi connectivity index (χ1v) is 7.39. The van der Waals surface area contributed by atoms with Gasteiger partial charge in [0.1, 0.15) is 6.10 Å². The van der Waals surface area contributed by atoms with Crippen LogP contribution in [-0.2, 0) is 16.6 Å². The number of rotatable bonds is 5. The van der Waals surface area contributed by atoms with Gasteiger partial charge in [-0.25, -0.2) is 0 Å². The maximum atomic E-state index is 12.2. The summed E-state index contributed by atoms with van der Waals surface area (Å²) in [7, 11) is 1.84. The molecule has 0 aliphatic heterocycles. The van der Waals surface area contributed by atoms with E-state index in [-0.39, 0.29) is 23.5 Å². The maximum Gasteiger partial charge on any atom is 0.310 e. The van der Waals surface area contributed by atoms with Crippen LogP contribution in [0.25, 0.3) is 0 Å². The molecule has 1 heterocycles. The Morgan fingerprint density at radius 1 is 1.43 bits per heavy atom. The number of aromatic nitrogens is 2. The molecule has 7 heteroatoms. The molecule has 0 spiro atoms. The summed E-state index contributed by atoms with van der Waals surface area (Å²) >= 11 is 0. The number of nitro groups is 1. The minimum atomic E-state index is -0.455. The van der Waals surface area contributed by atoms with Crippen LogP contribution in [0, 0.1) is 16.0 Å². The summed E-state index contributed by atoms with van der Waals surface area (Å²) in [4.78, 5) is 22.4. The fourth-order valence-electron chi connectivity index (χ4n) is 2.65. The van der Waals surface area contributed by atoms with Crippen LogP contribution < -0.4 is 0 Å². The fraction of sp³-hybridized carbons (Fsp3) is 0.375. The van der Waals surface area contributed by atoms with Crippen LogP contribution in [0.15, 0.2) is 36.7 Å². The highest BCUT2D eigenvalue weighted by molar-refractivity contribution is 5.77. The topological polar surface area (TPSA) is 87.3 Å². The Kier molecular flexibility index (Phi) is 3.85. The lowest BCUT2D eigenvalue weighted by atomic mass is 10.1. The molecule has 3 atom stereocenters. The van der Waals surface area contributed by atoms with Crippen LogP contribution >= 0.6 is 0 Å².